The van der Waals surface area contributed by atoms with E-state index in [1.54, 1.807) is 10.8 Å². The van der Waals surface area contributed by atoms with Crippen LogP contribution in [0.25, 0.3) is 0 Å². The second kappa shape index (κ2) is 7.73. The fourth-order valence-corrected chi connectivity index (χ4v) is 5.44. The van der Waals surface area contributed by atoms with E-state index >= 15 is 0 Å². The van der Waals surface area contributed by atoms with Crippen LogP contribution in [-0.4, -0.2) is 0 Å². The van der Waals surface area contributed by atoms with E-state index in [0.29, 0.717) is 14.9 Å². The lowest BCUT2D eigenvalue weighted by Gasteiger charge is -2.11. The van der Waals surface area contributed by atoms with Crippen molar-refractivity contribution >= 4 is 79.6 Å². The number of benzene rings is 2. The standard InChI is InChI=1S/C13H7Cl5S2/c14-8-9(15)11(17)13(12(18)10(8)16)20-19-6-7-4-2-1-3-5-7/h1-5H,6H2. The van der Waals surface area contributed by atoms with E-state index in [0.717, 1.165) is 5.75 Å². The summed E-state index contributed by atoms with van der Waals surface area (Å²) >= 11 is 30.3. The Balaban J connectivity index is 2.14. The number of hydrogen-bond donors (Lipinski definition) is 0. The molecule has 0 aromatic heterocycles. The fourth-order valence-electron chi connectivity index (χ4n) is 1.39. The molecule has 7 heteroatoms. The van der Waals surface area contributed by atoms with Crippen LogP contribution in [0.15, 0.2) is 35.2 Å². The summed E-state index contributed by atoms with van der Waals surface area (Å²) in [6.45, 7) is 0. The van der Waals surface area contributed by atoms with Gasteiger partial charge in [0.05, 0.1) is 30.0 Å². The molecule has 0 N–H and O–H groups in total. The minimum atomic E-state index is 0.181. The zero-order chi connectivity index (χ0) is 14.7. The molecule has 106 valence electrons. The summed E-state index contributed by atoms with van der Waals surface area (Å²) < 4.78 is 0. The molecule has 0 saturated heterocycles. The summed E-state index contributed by atoms with van der Waals surface area (Å²) in [4.78, 5) is 0.633. The molecule has 0 amide bonds. The Bertz CT molecular complexity index is 587. The molecule has 2 rings (SSSR count). The van der Waals surface area contributed by atoms with Gasteiger partial charge in [-0.2, -0.15) is 0 Å². The molecule has 0 aliphatic carbocycles. The maximum atomic E-state index is 6.16. The molecule has 0 saturated carbocycles. The second-order valence-corrected chi connectivity index (χ2v) is 7.93. The van der Waals surface area contributed by atoms with Crippen molar-refractivity contribution in [1.82, 2.24) is 0 Å². The quantitative estimate of drug-likeness (QED) is 0.289. The molecule has 0 bridgehead atoms. The van der Waals surface area contributed by atoms with Gasteiger partial charge in [-0.05, 0) is 5.56 Å². The van der Waals surface area contributed by atoms with Crippen molar-refractivity contribution in [2.24, 2.45) is 0 Å². The number of rotatable bonds is 4. The summed E-state index contributed by atoms with van der Waals surface area (Å²) in [5.74, 6) is 0.816. The van der Waals surface area contributed by atoms with E-state index in [2.05, 4.69) is 12.1 Å². The molecule has 0 fully saturated rings. The lowest BCUT2D eigenvalue weighted by Crippen LogP contribution is -1.83. The van der Waals surface area contributed by atoms with Gasteiger partial charge in [0.2, 0.25) is 0 Å². The van der Waals surface area contributed by atoms with Crippen molar-refractivity contribution in [3.63, 3.8) is 0 Å². The highest BCUT2D eigenvalue weighted by Crippen LogP contribution is 2.50. The van der Waals surface area contributed by atoms with Crippen molar-refractivity contribution in [2.45, 2.75) is 10.6 Å². The lowest BCUT2D eigenvalue weighted by atomic mass is 10.2. The predicted molar refractivity (Wildman–Crippen MR) is 95.1 cm³/mol. The van der Waals surface area contributed by atoms with Crippen molar-refractivity contribution in [1.29, 1.82) is 0 Å². The molecule has 2 aromatic rings. The molecule has 2 aromatic carbocycles. The van der Waals surface area contributed by atoms with Gasteiger partial charge in [0.15, 0.2) is 0 Å². The van der Waals surface area contributed by atoms with Crippen LogP contribution < -0.4 is 0 Å². The zero-order valence-electron chi connectivity index (χ0n) is 9.80. The van der Waals surface area contributed by atoms with Crippen LogP contribution in [0.1, 0.15) is 5.56 Å². The molecule has 0 nitrogen and oxygen atoms in total. The highest BCUT2D eigenvalue weighted by atomic mass is 35.5. The molecule has 0 unspecified atom stereocenters. The molecule has 0 aliphatic heterocycles. The van der Waals surface area contributed by atoms with Crippen LogP contribution in [-0.2, 0) is 5.75 Å². The van der Waals surface area contributed by atoms with Crippen molar-refractivity contribution in [3.05, 3.63) is 61.0 Å². The van der Waals surface area contributed by atoms with Gasteiger partial charge in [-0.15, -0.1) is 0 Å². The van der Waals surface area contributed by atoms with Crippen molar-refractivity contribution in [2.75, 3.05) is 0 Å². The normalized spacial score (nSPS) is 10.8. The van der Waals surface area contributed by atoms with Gasteiger partial charge in [0.25, 0.3) is 0 Å². The van der Waals surface area contributed by atoms with E-state index in [4.69, 9.17) is 58.0 Å². The summed E-state index contributed by atoms with van der Waals surface area (Å²) in [5, 5.41) is 1.30. The average Bonchev–Trinajstić information content (AvgIpc) is 2.48. The molecular weight excluding hydrogens is 398 g/mol. The Morgan fingerprint density at radius 1 is 0.700 bits per heavy atom. The van der Waals surface area contributed by atoms with E-state index in [9.17, 15) is 0 Å². The van der Waals surface area contributed by atoms with Crippen LogP contribution in [0.3, 0.4) is 0 Å². The van der Waals surface area contributed by atoms with Gasteiger partial charge >= 0.3 is 0 Å². The highest BCUT2D eigenvalue weighted by Gasteiger charge is 2.19. The smallest absolute Gasteiger partial charge is 0.0809 e. The Kier molecular flexibility index (Phi) is 6.55. The SMILES string of the molecule is Clc1c(Cl)c(Cl)c(SSCc2ccccc2)c(Cl)c1Cl. The topological polar surface area (TPSA) is 0 Å². The molecular formula is C13H7Cl5S2. The van der Waals surface area contributed by atoms with Crippen LogP contribution in [0.4, 0.5) is 0 Å². The maximum absolute atomic E-state index is 6.16. The first-order valence-corrected chi connectivity index (χ1v) is 9.58. The summed E-state index contributed by atoms with van der Waals surface area (Å²) in [5.41, 5.74) is 1.21. The molecule has 0 aliphatic rings. The van der Waals surface area contributed by atoms with Crippen LogP contribution in [0.2, 0.25) is 25.1 Å². The minimum absolute atomic E-state index is 0.181. The first kappa shape index (κ1) is 17.0. The Morgan fingerprint density at radius 2 is 1.20 bits per heavy atom. The third-order valence-corrected chi connectivity index (χ3v) is 7.23. The predicted octanol–water partition coefficient (Wildman–Crippen LogP) is 7.89. The Labute approximate surface area is 150 Å². The van der Waals surface area contributed by atoms with Gasteiger partial charge < -0.3 is 0 Å². The Hall–Kier alpha value is 0.590. The Morgan fingerprint density at radius 3 is 1.75 bits per heavy atom. The third-order valence-electron chi connectivity index (χ3n) is 2.38. The van der Waals surface area contributed by atoms with Crippen LogP contribution in [0, 0.1) is 0 Å². The average molecular weight is 405 g/mol. The van der Waals surface area contributed by atoms with Gasteiger partial charge in [0, 0.05) is 5.75 Å². The lowest BCUT2D eigenvalue weighted by molar-refractivity contribution is 1.43. The molecule has 0 spiro atoms. The molecule has 20 heavy (non-hydrogen) atoms. The van der Waals surface area contributed by atoms with Gasteiger partial charge in [0.1, 0.15) is 0 Å². The molecule has 0 atom stereocenters. The largest absolute Gasteiger partial charge is 0.0840 e. The first-order chi connectivity index (χ1) is 9.52. The summed E-state index contributed by atoms with van der Waals surface area (Å²) in [6.07, 6.45) is 0. The van der Waals surface area contributed by atoms with Gasteiger partial charge in [-0.1, -0.05) is 110 Å². The first-order valence-electron chi connectivity index (χ1n) is 5.37. The fraction of sp³-hybridized carbons (Fsp3) is 0.0769. The number of halogens is 5. The van der Waals surface area contributed by atoms with E-state index in [-0.39, 0.29) is 15.1 Å². The van der Waals surface area contributed by atoms with Crippen molar-refractivity contribution in [3.8, 4) is 0 Å². The van der Waals surface area contributed by atoms with Crippen molar-refractivity contribution < 1.29 is 0 Å². The second-order valence-electron chi connectivity index (χ2n) is 3.73. The maximum Gasteiger partial charge on any atom is 0.0809 e. The third kappa shape index (κ3) is 3.86. The van der Waals surface area contributed by atoms with Gasteiger partial charge in [-0.3, -0.25) is 0 Å². The van der Waals surface area contributed by atoms with Gasteiger partial charge in [-0.25, -0.2) is 0 Å². The van der Waals surface area contributed by atoms with Crippen LogP contribution >= 0.6 is 79.6 Å². The highest BCUT2D eigenvalue weighted by molar-refractivity contribution is 8.76. The summed E-state index contributed by atoms with van der Waals surface area (Å²) in [7, 11) is 3.03. The monoisotopic (exact) mass is 402 g/mol. The van der Waals surface area contributed by atoms with E-state index < -0.39 is 0 Å². The zero-order valence-corrected chi connectivity index (χ0v) is 15.2. The van der Waals surface area contributed by atoms with Crippen LogP contribution in [0.5, 0.6) is 0 Å². The number of hydrogen-bond acceptors (Lipinski definition) is 2. The summed E-state index contributed by atoms with van der Waals surface area (Å²) in [6, 6.07) is 10.1. The van der Waals surface area contributed by atoms with E-state index in [1.165, 1.54) is 16.4 Å². The minimum Gasteiger partial charge on any atom is -0.0840 e. The van der Waals surface area contributed by atoms with E-state index in [1.807, 2.05) is 18.2 Å². The molecule has 0 radical (unpaired) electrons. The molecule has 0 heterocycles.